The third-order valence-corrected chi connectivity index (χ3v) is 7.95. The van der Waals surface area contributed by atoms with Gasteiger partial charge in [-0.15, -0.1) is 0 Å². The van der Waals surface area contributed by atoms with Crippen molar-refractivity contribution in [2.75, 3.05) is 39.5 Å². The van der Waals surface area contributed by atoms with Crippen LogP contribution in [0.2, 0.25) is 0 Å². The third-order valence-electron chi connectivity index (χ3n) is 7.95. The van der Waals surface area contributed by atoms with Gasteiger partial charge in [0, 0.05) is 25.2 Å². The molecule has 0 radical (unpaired) electrons. The van der Waals surface area contributed by atoms with Gasteiger partial charge in [0.05, 0.1) is 31.9 Å². The minimum absolute atomic E-state index is 0.00392. The number of aliphatic hydroxyl groups excluding tert-OH is 10. The zero-order chi connectivity index (χ0) is 31.1. The SMILES string of the molecule is N[C@@H]1[C@@H](O)[C@@H](O[C@@H]2[C@@H](O)[C@H](O[C@H]3O[C@H](CNCCCO)[C@@H](O)[C@H](O)[C@H]3O)[C@@H](N)C[C@H]2NC(CO)CO)O[C@H](CO)[C@H]1O. The molecule has 1 saturated carbocycles. The van der Waals surface area contributed by atoms with Crippen molar-refractivity contribution >= 4 is 0 Å². The first-order valence-electron chi connectivity index (χ1n) is 14.1. The summed E-state index contributed by atoms with van der Waals surface area (Å²) in [4.78, 5) is 0. The molecule has 2 saturated heterocycles. The minimum atomic E-state index is -1.73. The fourth-order valence-electron chi connectivity index (χ4n) is 5.41. The second kappa shape index (κ2) is 16.5. The van der Waals surface area contributed by atoms with Gasteiger partial charge in [-0.25, -0.2) is 0 Å². The molecule has 0 bridgehead atoms. The number of aliphatic hydroxyl groups is 10. The van der Waals surface area contributed by atoms with Crippen LogP contribution in [0.25, 0.3) is 0 Å². The summed E-state index contributed by atoms with van der Waals surface area (Å²) in [6.07, 6.45) is -17.0. The van der Waals surface area contributed by atoms with Crippen LogP contribution in [0.5, 0.6) is 0 Å². The highest BCUT2D eigenvalue weighted by atomic mass is 16.7. The van der Waals surface area contributed by atoms with E-state index in [0.29, 0.717) is 13.0 Å². The highest BCUT2D eigenvalue weighted by molar-refractivity contribution is 5.03. The van der Waals surface area contributed by atoms with E-state index >= 15 is 0 Å². The molecule has 0 aromatic carbocycles. The van der Waals surface area contributed by atoms with E-state index in [1.807, 2.05) is 0 Å². The number of nitrogens with one attached hydrogen (secondary N) is 2. The normalized spacial score (nSPS) is 44.9. The van der Waals surface area contributed by atoms with E-state index in [1.165, 1.54) is 0 Å². The lowest BCUT2D eigenvalue weighted by molar-refractivity contribution is -0.333. The maximum atomic E-state index is 11.4. The van der Waals surface area contributed by atoms with Crippen molar-refractivity contribution in [1.29, 1.82) is 0 Å². The molecule has 0 aromatic heterocycles. The second-order valence-corrected chi connectivity index (χ2v) is 11.0. The molecule has 18 nitrogen and oxygen atoms in total. The summed E-state index contributed by atoms with van der Waals surface area (Å²) < 4.78 is 23.0. The topological polar surface area (TPSA) is 315 Å². The van der Waals surface area contributed by atoms with Gasteiger partial charge >= 0.3 is 0 Å². The maximum Gasteiger partial charge on any atom is 0.187 e. The predicted molar refractivity (Wildman–Crippen MR) is 140 cm³/mol. The third kappa shape index (κ3) is 8.30. The van der Waals surface area contributed by atoms with E-state index < -0.39 is 118 Å². The Morgan fingerprint density at radius 1 is 0.738 bits per heavy atom. The summed E-state index contributed by atoms with van der Waals surface area (Å²) in [6.45, 7) is -1.23. The highest BCUT2D eigenvalue weighted by Gasteiger charge is 2.52. The zero-order valence-corrected chi connectivity index (χ0v) is 23.2. The first-order chi connectivity index (χ1) is 20.0. The van der Waals surface area contributed by atoms with Crippen molar-refractivity contribution in [2.45, 2.75) is 111 Å². The molecule has 0 unspecified atom stereocenters. The Balaban J connectivity index is 1.80. The quantitative estimate of drug-likeness (QED) is 0.0805. The molecule has 18 heteroatoms. The molecule has 1 aliphatic carbocycles. The number of ether oxygens (including phenoxy) is 4. The standard InChI is InChI=1S/C24H48N4O14/c25-10-4-11(28-9(6-30)7-31)22(42-23-17(35)14(26)15(33)13(8-32)40-23)20(38)21(10)41-24-19(37)18(36)16(34)12(39-24)5-27-2-1-3-29/h9-24,27-38H,1-8,25-26H2/t10-,11+,12+,13+,14-,15+,16+,17+,18-,19+,20-,21+,22-,23+,24+/m0/s1. The Morgan fingerprint density at radius 3 is 1.98 bits per heavy atom. The molecule has 248 valence electrons. The lowest BCUT2D eigenvalue weighted by Crippen LogP contribution is -2.69. The van der Waals surface area contributed by atoms with E-state index in [-0.39, 0.29) is 19.6 Å². The minimum Gasteiger partial charge on any atom is -0.396 e. The van der Waals surface area contributed by atoms with Crippen molar-refractivity contribution in [3.05, 3.63) is 0 Å². The summed E-state index contributed by atoms with van der Waals surface area (Å²) in [5.41, 5.74) is 12.2. The summed E-state index contributed by atoms with van der Waals surface area (Å²) >= 11 is 0. The van der Waals surface area contributed by atoms with Crippen LogP contribution in [0, 0.1) is 0 Å². The van der Waals surface area contributed by atoms with Gasteiger partial charge in [-0.1, -0.05) is 0 Å². The van der Waals surface area contributed by atoms with Crippen molar-refractivity contribution in [1.82, 2.24) is 10.6 Å². The average Bonchev–Trinajstić information content (AvgIpc) is 2.98. The molecule has 2 aliphatic heterocycles. The number of hydrogen-bond donors (Lipinski definition) is 14. The molecule has 2 heterocycles. The van der Waals surface area contributed by atoms with Gasteiger partial charge in [0.1, 0.15) is 61.0 Å². The van der Waals surface area contributed by atoms with E-state index in [2.05, 4.69) is 10.6 Å². The van der Waals surface area contributed by atoms with Crippen LogP contribution in [-0.4, -0.2) is 188 Å². The Morgan fingerprint density at radius 2 is 1.36 bits per heavy atom. The molecule has 3 aliphatic rings. The van der Waals surface area contributed by atoms with Crippen LogP contribution >= 0.6 is 0 Å². The fraction of sp³-hybridized carbons (Fsp3) is 1.00. The Labute approximate surface area is 242 Å². The monoisotopic (exact) mass is 616 g/mol. The predicted octanol–water partition coefficient (Wildman–Crippen LogP) is -8.29. The Hall–Kier alpha value is -0.720. The number of rotatable bonds is 14. The summed E-state index contributed by atoms with van der Waals surface area (Å²) in [5.74, 6) is 0. The molecule has 15 atom stereocenters. The van der Waals surface area contributed by atoms with Crippen molar-refractivity contribution in [3.8, 4) is 0 Å². The molecule has 16 N–H and O–H groups in total. The number of nitrogens with two attached hydrogens (primary N) is 2. The van der Waals surface area contributed by atoms with Crippen molar-refractivity contribution in [2.24, 2.45) is 11.5 Å². The van der Waals surface area contributed by atoms with Crippen LogP contribution in [0.3, 0.4) is 0 Å². The average molecular weight is 617 g/mol. The highest BCUT2D eigenvalue weighted by Crippen LogP contribution is 2.32. The smallest absolute Gasteiger partial charge is 0.187 e. The molecule has 0 aromatic rings. The van der Waals surface area contributed by atoms with Crippen LogP contribution in [0.4, 0.5) is 0 Å². The van der Waals surface area contributed by atoms with Gasteiger partial charge in [0.25, 0.3) is 0 Å². The Kier molecular flexibility index (Phi) is 14.1. The van der Waals surface area contributed by atoms with Crippen molar-refractivity contribution < 1.29 is 70.0 Å². The number of hydrogen-bond acceptors (Lipinski definition) is 18. The molecular formula is C24H48N4O14. The van der Waals surface area contributed by atoms with Gasteiger partial charge in [-0.3, -0.25) is 0 Å². The maximum absolute atomic E-state index is 11.4. The van der Waals surface area contributed by atoms with Crippen LogP contribution in [0.15, 0.2) is 0 Å². The van der Waals surface area contributed by atoms with Crippen LogP contribution in [0.1, 0.15) is 12.8 Å². The molecule has 42 heavy (non-hydrogen) atoms. The van der Waals surface area contributed by atoms with Crippen LogP contribution < -0.4 is 22.1 Å². The lowest BCUT2D eigenvalue weighted by Gasteiger charge is -2.49. The molecular weight excluding hydrogens is 568 g/mol. The van der Waals surface area contributed by atoms with E-state index in [9.17, 15) is 46.0 Å². The first-order valence-corrected chi connectivity index (χ1v) is 14.1. The van der Waals surface area contributed by atoms with Crippen LogP contribution in [-0.2, 0) is 18.9 Å². The summed E-state index contributed by atoms with van der Waals surface area (Å²) in [7, 11) is 0. The summed E-state index contributed by atoms with van der Waals surface area (Å²) in [6, 6.07) is -3.93. The van der Waals surface area contributed by atoms with E-state index in [0.717, 1.165) is 0 Å². The van der Waals surface area contributed by atoms with E-state index in [1.54, 1.807) is 0 Å². The van der Waals surface area contributed by atoms with Gasteiger partial charge in [0.15, 0.2) is 12.6 Å². The largest absolute Gasteiger partial charge is 0.396 e. The summed E-state index contributed by atoms with van der Waals surface area (Å²) in [5, 5.41) is 107. The molecule has 0 amide bonds. The molecule has 0 spiro atoms. The van der Waals surface area contributed by atoms with Gasteiger partial charge in [-0.2, -0.15) is 0 Å². The molecule has 3 fully saturated rings. The van der Waals surface area contributed by atoms with Gasteiger partial charge < -0.3 is 92.1 Å². The lowest BCUT2D eigenvalue weighted by atomic mass is 9.83. The molecule has 3 rings (SSSR count). The van der Waals surface area contributed by atoms with Gasteiger partial charge in [-0.05, 0) is 19.4 Å². The first kappa shape index (κ1) is 35.8. The zero-order valence-electron chi connectivity index (χ0n) is 23.2. The van der Waals surface area contributed by atoms with Crippen molar-refractivity contribution in [3.63, 3.8) is 0 Å². The second-order valence-electron chi connectivity index (χ2n) is 11.0. The van der Waals surface area contributed by atoms with E-state index in [4.69, 9.17) is 35.5 Å². The van der Waals surface area contributed by atoms with Gasteiger partial charge in [0.2, 0.25) is 0 Å². The fourth-order valence-corrected chi connectivity index (χ4v) is 5.41. The Bertz CT molecular complexity index is 787.